The zero-order chi connectivity index (χ0) is 13.4. The van der Waals surface area contributed by atoms with E-state index in [1.165, 1.54) is 16.4 Å². The molecule has 0 aromatic heterocycles. The summed E-state index contributed by atoms with van der Waals surface area (Å²) < 4.78 is 9.90. The highest BCUT2D eigenvalue weighted by molar-refractivity contribution is 6.54. The van der Waals surface area contributed by atoms with Crippen molar-refractivity contribution < 1.29 is 18.9 Å². The molecule has 1 heterocycles. The summed E-state index contributed by atoms with van der Waals surface area (Å²) >= 11 is 5.32. The summed E-state index contributed by atoms with van der Waals surface area (Å²) in [6, 6.07) is 0. The number of rotatable bonds is 3. The van der Waals surface area contributed by atoms with Gasteiger partial charge in [0, 0.05) is 5.54 Å². The summed E-state index contributed by atoms with van der Waals surface area (Å²) in [7, 11) is 0.656. The lowest BCUT2D eigenvalue weighted by molar-refractivity contribution is -0.145. The molecular weight excluding hydrogens is 256 g/mol. The van der Waals surface area contributed by atoms with Crippen LogP contribution in [0.5, 0.6) is 0 Å². The smallest absolute Gasteiger partial charge is 0.495 e. The van der Waals surface area contributed by atoms with Gasteiger partial charge in [0.2, 0.25) is 0 Å². The van der Waals surface area contributed by atoms with Crippen LogP contribution in [-0.4, -0.2) is 44.1 Å². The van der Waals surface area contributed by atoms with Crippen molar-refractivity contribution in [3.8, 4) is 0 Å². The van der Waals surface area contributed by atoms with Crippen LogP contribution in [0.2, 0.25) is 0 Å². The van der Waals surface area contributed by atoms with Crippen molar-refractivity contribution in [2.45, 2.75) is 0 Å². The minimum atomic E-state index is -0.983. The third-order valence-electron chi connectivity index (χ3n) is 1.97. The molecule has 0 aliphatic carbocycles. The first kappa shape index (κ1) is 14.5. The molecule has 0 N–H and O–H groups in total. The van der Waals surface area contributed by atoms with Crippen molar-refractivity contribution in [1.29, 1.82) is 0 Å². The van der Waals surface area contributed by atoms with Gasteiger partial charge in [0.25, 0.3) is 0 Å². The lowest BCUT2D eigenvalue weighted by Crippen LogP contribution is -2.41. The Morgan fingerprint density at radius 2 is 1.67 bits per heavy atom. The molecule has 0 aromatic rings. The summed E-state index contributed by atoms with van der Waals surface area (Å²) in [6.07, 6.45) is 6.58. The molecule has 0 amide bonds. The Morgan fingerprint density at radius 1 is 1.11 bits per heavy atom. The van der Waals surface area contributed by atoms with Gasteiger partial charge in [-0.05, 0) is 13.0 Å². The molecule has 7 heteroatoms. The zero-order valence-electron chi connectivity index (χ0n) is 9.91. The number of carbonyl (C=O) groups is 2. The number of likely N-dealkylation sites (N-methyl/N-ethyl adjacent to an activating group) is 1. The highest BCUT2D eigenvalue weighted by atomic mass is 35.5. The maximum atomic E-state index is 11.4. The van der Waals surface area contributed by atoms with Gasteiger partial charge >= 0.3 is 19.1 Å². The van der Waals surface area contributed by atoms with Crippen molar-refractivity contribution in [3.63, 3.8) is 0 Å². The molecule has 0 radical (unpaired) electrons. The summed E-state index contributed by atoms with van der Waals surface area (Å²) in [4.78, 5) is 24.2. The lowest BCUT2D eigenvalue weighted by atomic mass is 9.89. The molecule has 1 aliphatic rings. The van der Waals surface area contributed by atoms with E-state index in [9.17, 15) is 9.59 Å². The number of hydrogen-bond donors (Lipinski definition) is 0. The zero-order valence-corrected chi connectivity index (χ0v) is 10.7. The molecule has 18 heavy (non-hydrogen) atoms. The van der Waals surface area contributed by atoms with E-state index in [2.05, 4.69) is 0 Å². The van der Waals surface area contributed by atoms with E-state index < -0.39 is 19.1 Å². The van der Waals surface area contributed by atoms with Crippen LogP contribution >= 0.6 is 11.6 Å². The Labute approximate surface area is 111 Å². The summed E-state index contributed by atoms with van der Waals surface area (Å²) in [6.45, 7) is 0.120. The second kappa shape index (κ2) is 7.73. The van der Waals surface area contributed by atoms with Crippen LogP contribution in [0.3, 0.4) is 0 Å². The fourth-order valence-corrected chi connectivity index (χ4v) is 1.34. The SMILES string of the molecule is CN1CC(=O)OB(/C=C/C=C/C=C/Cl)OC(=O)C1. The highest BCUT2D eigenvalue weighted by Gasteiger charge is 2.28. The average molecular weight is 269 g/mol. The Kier molecular flexibility index (Phi) is 6.25. The first-order valence-electron chi connectivity index (χ1n) is 5.29. The molecule has 1 fully saturated rings. The van der Waals surface area contributed by atoms with E-state index >= 15 is 0 Å². The molecule has 1 rings (SSSR count). The molecule has 0 atom stereocenters. The van der Waals surface area contributed by atoms with Crippen LogP contribution in [0.4, 0.5) is 0 Å². The Hall–Kier alpha value is -1.53. The first-order valence-corrected chi connectivity index (χ1v) is 5.73. The molecule has 1 aliphatic heterocycles. The van der Waals surface area contributed by atoms with Gasteiger partial charge in [-0.25, -0.2) is 0 Å². The predicted octanol–water partition coefficient (Wildman–Crippen LogP) is 0.910. The van der Waals surface area contributed by atoms with Crippen molar-refractivity contribution in [2.24, 2.45) is 0 Å². The van der Waals surface area contributed by atoms with Crippen LogP contribution in [0.25, 0.3) is 0 Å². The van der Waals surface area contributed by atoms with Gasteiger partial charge < -0.3 is 9.31 Å². The molecule has 0 unspecified atom stereocenters. The third kappa shape index (κ3) is 5.70. The van der Waals surface area contributed by atoms with Crippen LogP contribution in [-0.2, 0) is 18.9 Å². The Bertz CT molecular complexity index is 375. The number of nitrogens with zero attached hydrogens (tertiary/aromatic N) is 1. The fraction of sp³-hybridized carbons (Fsp3) is 0.273. The van der Waals surface area contributed by atoms with E-state index in [1.54, 1.807) is 31.4 Å². The second-order valence-electron chi connectivity index (χ2n) is 3.61. The van der Waals surface area contributed by atoms with Gasteiger partial charge in [0.1, 0.15) is 0 Å². The average Bonchev–Trinajstić information content (AvgIpc) is 2.26. The van der Waals surface area contributed by atoms with Crippen molar-refractivity contribution >= 4 is 30.7 Å². The Balaban J connectivity index is 2.58. The lowest BCUT2D eigenvalue weighted by Gasteiger charge is -2.20. The van der Waals surface area contributed by atoms with Gasteiger partial charge in [-0.1, -0.05) is 35.9 Å². The standard InChI is InChI=1S/C11H13BClNO4/c1-14-8-10(15)17-12(18-11(16)9-14)6-4-2-3-5-7-13/h2-7H,8-9H2,1H3/b3-2+,6-4+,7-5+. The van der Waals surface area contributed by atoms with Crippen LogP contribution in [0.15, 0.2) is 35.8 Å². The maximum Gasteiger partial charge on any atom is 0.628 e. The van der Waals surface area contributed by atoms with E-state index in [0.29, 0.717) is 0 Å². The first-order chi connectivity index (χ1) is 8.61. The number of allylic oxidation sites excluding steroid dienone is 4. The third-order valence-corrected chi connectivity index (χ3v) is 2.11. The number of hydrogen-bond acceptors (Lipinski definition) is 5. The van der Waals surface area contributed by atoms with E-state index in [0.717, 1.165) is 0 Å². The summed E-state index contributed by atoms with van der Waals surface area (Å²) in [5.41, 5.74) is 1.36. The van der Waals surface area contributed by atoms with Gasteiger partial charge in [-0.3, -0.25) is 14.5 Å². The van der Waals surface area contributed by atoms with Crippen LogP contribution < -0.4 is 0 Å². The number of halogens is 1. The van der Waals surface area contributed by atoms with Crippen molar-refractivity contribution in [2.75, 3.05) is 20.1 Å². The van der Waals surface area contributed by atoms with Crippen LogP contribution in [0, 0.1) is 0 Å². The van der Waals surface area contributed by atoms with Crippen molar-refractivity contribution in [3.05, 3.63) is 35.8 Å². The normalized spacial score (nSPS) is 19.3. The predicted molar refractivity (Wildman–Crippen MR) is 68.7 cm³/mol. The molecule has 0 bridgehead atoms. The monoisotopic (exact) mass is 269 g/mol. The highest BCUT2D eigenvalue weighted by Crippen LogP contribution is 2.01. The molecule has 0 aromatic carbocycles. The molecule has 0 saturated carbocycles. The van der Waals surface area contributed by atoms with Gasteiger partial charge in [-0.2, -0.15) is 0 Å². The fourth-order valence-electron chi connectivity index (χ4n) is 1.26. The molecular formula is C11H13BClNO4. The quantitative estimate of drug-likeness (QED) is 0.563. The van der Waals surface area contributed by atoms with Crippen molar-refractivity contribution in [1.82, 2.24) is 4.90 Å². The van der Waals surface area contributed by atoms with E-state index in [1.807, 2.05) is 0 Å². The molecule has 1 saturated heterocycles. The van der Waals surface area contributed by atoms with Crippen LogP contribution in [0.1, 0.15) is 0 Å². The maximum absolute atomic E-state index is 11.4. The summed E-state index contributed by atoms with van der Waals surface area (Å²) in [5.74, 6) is 0.591. The molecule has 5 nitrogen and oxygen atoms in total. The number of carbonyl (C=O) groups excluding carboxylic acids is 2. The minimum absolute atomic E-state index is 0.0598. The largest absolute Gasteiger partial charge is 0.628 e. The topological polar surface area (TPSA) is 55.8 Å². The molecule has 96 valence electrons. The second-order valence-corrected chi connectivity index (χ2v) is 3.86. The van der Waals surface area contributed by atoms with E-state index in [4.69, 9.17) is 20.9 Å². The van der Waals surface area contributed by atoms with Gasteiger partial charge in [0.05, 0.1) is 13.1 Å². The molecule has 0 spiro atoms. The van der Waals surface area contributed by atoms with Gasteiger partial charge in [-0.15, -0.1) is 0 Å². The Morgan fingerprint density at radius 3 is 2.22 bits per heavy atom. The van der Waals surface area contributed by atoms with Gasteiger partial charge in [0.15, 0.2) is 0 Å². The van der Waals surface area contributed by atoms with E-state index in [-0.39, 0.29) is 13.1 Å². The minimum Gasteiger partial charge on any atom is -0.495 e. The summed E-state index contributed by atoms with van der Waals surface area (Å²) in [5, 5.41) is 0.